The van der Waals surface area contributed by atoms with Gasteiger partial charge in [-0.1, -0.05) is 24.3 Å². The van der Waals surface area contributed by atoms with Crippen LogP contribution >= 0.6 is 0 Å². The quantitative estimate of drug-likeness (QED) is 0.614. The normalized spacial score (nSPS) is 11.3. The fraction of sp³-hybridized carbons (Fsp3) is 0.273. The molecule has 1 aromatic rings. The third-order valence-corrected chi connectivity index (χ3v) is 3.64. The van der Waals surface area contributed by atoms with Gasteiger partial charge in [0.25, 0.3) is 0 Å². The molecule has 1 N–H and O–H groups in total. The van der Waals surface area contributed by atoms with Gasteiger partial charge in [0, 0.05) is 6.54 Å². The summed E-state index contributed by atoms with van der Waals surface area (Å²) in [5, 5.41) is 0. The Morgan fingerprint density at radius 2 is 2.07 bits per heavy atom. The number of hydrogen-bond acceptors (Lipinski definition) is 2. The summed E-state index contributed by atoms with van der Waals surface area (Å²) >= 11 is 0. The molecule has 0 saturated heterocycles. The van der Waals surface area contributed by atoms with Gasteiger partial charge in [0.2, 0.25) is 10.0 Å². The second kappa shape index (κ2) is 5.09. The minimum atomic E-state index is -3.36. The van der Waals surface area contributed by atoms with Crippen molar-refractivity contribution in [2.75, 3.05) is 6.54 Å². The van der Waals surface area contributed by atoms with Crippen LogP contribution in [-0.4, -0.2) is 15.0 Å². The molecule has 3 nitrogen and oxygen atoms in total. The maximum Gasteiger partial charge on any atom is 0.240 e. The predicted octanol–water partition coefficient (Wildman–Crippen LogP) is 1.85. The summed E-state index contributed by atoms with van der Waals surface area (Å²) in [7, 11) is -3.36. The zero-order valence-corrected chi connectivity index (χ0v) is 9.55. The zero-order valence-electron chi connectivity index (χ0n) is 8.73. The molecule has 0 spiro atoms. The fourth-order valence-corrected chi connectivity index (χ4v) is 2.52. The largest absolute Gasteiger partial charge is 0.240 e. The van der Waals surface area contributed by atoms with Crippen molar-refractivity contribution < 1.29 is 8.42 Å². The van der Waals surface area contributed by atoms with Crippen molar-refractivity contribution in [1.29, 1.82) is 0 Å². The molecule has 15 heavy (non-hydrogen) atoms. The van der Waals surface area contributed by atoms with Crippen LogP contribution in [0, 0.1) is 6.92 Å². The van der Waals surface area contributed by atoms with Crippen LogP contribution in [0.1, 0.15) is 12.0 Å². The smallest absolute Gasteiger partial charge is 0.211 e. The molecule has 0 fully saturated rings. The summed E-state index contributed by atoms with van der Waals surface area (Å²) in [6, 6.07) is 6.92. The fourth-order valence-electron chi connectivity index (χ4n) is 1.23. The number of aryl methyl sites for hydroxylation is 1. The van der Waals surface area contributed by atoms with Crippen LogP contribution in [0.15, 0.2) is 41.8 Å². The predicted molar refractivity (Wildman–Crippen MR) is 61.2 cm³/mol. The van der Waals surface area contributed by atoms with Gasteiger partial charge in [-0.15, -0.1) is 6.58 Å². The van der Waals surface area contributed by atoms with E-state index in [2.05, 4.69) is 11.3 Å². The van der Waals surface area contributed by atoms with Crippen molar-refractivity contribution in [2.24, 2.45) is 0 Å². The van der Waals surface area contributed by atoms with Crippen molar-refractivity contribution in [3.05, 3.63) is 42.5 Å². The number of benzene rings is 1. The SMILES string of the molecule is C=CCCNS(=O)(=O)c1ccccc1C. The van der Waals surface area contributed by atoms with Crippen molar-refractivity contribution in [3.8, 4) is 0 Å². The van der Waals surface area contributed by atoms with Gasteiger partial charge in [-0.25, -0.2) is 13.1 Å². The summed E-state index contributed by atoms with van der Waals surface area (Å²) in [6.07, 6.45) is 2.31. The first-order chi connectivity index (χ1) is 7.08. The van der Waals surface area contributed by atoms with E-state index >= 15 is 0 Å². The Bertz CT molecular complexity index is 438. The minimum absolute atomic E-state index is 0.342. The van der Waals surface area contributed by atoms with Crippen LogP contribution in [-0.2, 0) is 10.0 Å². The van der Waals surface area contributed by atoms with E-state index in [1.54, 1.807) is 31.2 Å². The molecule has 0 bridgehead atoms. The standard InChI is InChI=1S/C11H15NO2S/c1-3-4-9-12-15(13,14)11-8-6-5-7-10(11)2/h3,5-8,12H,1,4,9H2,2H3. The van der Waals surface area contributed by atoms with Crippen LogP contribution in [0.3, 0.4) is 0 Å². The molecule has 0 heterocycles. The van der Waals surface area contributed by atoms with E-state index in [1.165, 1.54) is 0 Å². The van der Waals surface area contributed by atoms with Gasteiger partial charge in [-0.05, 0) is 25.0 Å². The molecule has 1 aromatic carbocycles. The molecule has 0 unspecified atom stereocenters. The van der Waals surface area contributed by atoms with Crippen LogP contribution in [0.25, 0.3) is 0 Å². The van der Waals surface area contributed by atoms with E-state index in [4.69, 9.17) is 0 Å². The Morgan fingerprint density at radius 3 is 2.67 bits per heavy atom. The molecule has 0 radical (unpaired) electrons. The molecular formula is C11H15NO2S. The highest BCUT2D eigenvalue weighted by molar-refractivity contribution is 7.89. The Hall–Kier alpha value is -1.13. The lowest BCUT2D eigenvalue weighted by Crippen LogP contribution is -2.25. The van der Waals surface area contributed by atoms with Gasteiger partial charge in [0.05, 0.1) is 4.90 Å². The van der Waals surface area contributed by atoms with E-state index in [-0.39, 0.29) is 0 Å². The van der Waals surface area contributed by atoms with Crippen LogP contribution in [0.4, 0.5) is 0 Å². The molecule has 0 saturated carbocycles. The van der Waals surface area contributed by atoms with Crippen molar-refractivity contribution in [2.45, 2.75) is 18.2 Å². The van der Waals surface area contributed by atoms with E-state index in [9.17, 15) is 8.42 Å². The Morgan fingerprint density at radius 1 is 1.40 bits per heavy atom. The zero-order chi connectivity index (χ0) is 11.3. The topological polar surface area (TPSA) is 46.2 Å². The van der Waals surface area contributed by atoms with Gasteiger partial charge in [-0.2, -0.15) is 0 Å². The highest BCUT2D eigenvalue weighted by atomic mass is 32.2. The first-order valence-electron chi connectivity index (χ1n) is 4.74. The van der Waals surface area contributed by atoms with Crippen LogP contribution in [0.5, 0.6) is 0 Å². The second-order valence-corrected chi connectivity index (χ2v) is 4.98. The average molecular weight is 225 g/mol. The lowest BCUT2D eigenvalue weighted by molar-refractivity contribution is 0.581. The molecule has 4 heteroatoms. The highest BCUT2D eigenvalue weighted by Gasteiger charge is 2.14. The van der Waals surface area contributed by atoms with Crippen molar-refractivity contribution in [1.82, 2.24) is 4.72 Å². The van der Waals surface area contributed by atoms with E-state index in [0.29, 0.717) is 17.9 Å². The van der Waals surface area contributed by atoms with Gasteiger partial charge in [0.15, 0.2) is 0 Å². The Kier molecular flexibility index (Phi) is 4.05. The maximum atomic E-state index is 11.8. The van der Waals surface area contributed by atoms with Gasteiger partial charge in [-0.3, -0.25) is 0 Å². The first-order valence-corrected chi connectivity index (χ1v) is 6.22. The summed E-state index contributed by atoms with van der Waals surface area (Å²) < 4.78 is 26.1. The van der Waals surface area contributed by atoms with Crippen molar-refractivity contribution >= 4 is 10.0 Å². The minimum Gasteiger partial charge on any atom is -0.211 e. The molecule has 82 valence electrons. The molecule has 0 aliphatic carbocycles. The molecule has 1 rings (SSSR count). The molecule has 0 amide bonds. The number of sulfonamides is 1. The molecule has 0 aromatic heterocycles. The van der Waals surface area contributed by atoms with Gasteiger partial charge in [0.1, 0.15) is 0 Å². The Balaban J connectivity index is 2.87. The second-order valence-electron chi connectivity index (χ2n) is 3.24. The maximum absolute atomic E-state index is 11.8. The third-order valence-electron chi connectivity index (χ3n) is 2.02. The van der Waals surface area contributed by atoms with Gasteiger partial charge >= 0.3 is 0 Å². The number of nitrogens with one attached hydrogen (secondary N) is 1. The number of rotatable bonds is 5. The monoisotopic (exact) mass is 225 g/mol. The van der Waals surface area contributed by atoms with E-state index < -0.39 is 10.0 Å². The summed E-state index contributed by atoms with van der Waals surface area (Å²) in [5.41, 5.74) is 0.753. The molecular weight excluding hydrogens is 210 g/mol. The lowest BCUT2D eigenvalue weighted by atomic mass is 10.2. The van der Waals surface area contributed by atoms with E-state index in [1.807, 2.05) is 6.07 Å². The summed E-state index contributed by atoms with van der Waals surface area (Å²) in [6.45, 7) is 5.70. The molecule has 0 aliphatic heterocycles. The highest BCUT2D eigenvalue weighted by Crippen LogP contribution is 2.13. The van der Waals surface area contributed by atoms with Crippen LogP contribution < -0.4 is 4.72 Å². The molecule has 0 atom stereocenters. The summed E-state index contributed by atoms with van der Waals surface area (Å²) in [5.74, 6) is 0. The molecule has 0 aliphatic rings. The number of hydrogen-bond donors (Lipinski definition) is 1. The summed E-state index contributed by atoms with van der Waals surface area (Å²) in [4.78, 5) is 0.342. The average Bonchev–Trinajstić information content (AvgIpc) is 2.18. The van der Waals surface area contributed by atoms with E-state index in [0.717, 1.165) is 5.56 Å². The lowest BCUT2D eigenvalue weighted by Gasteiger charge is -2.07. The van der Waals surface area contributed by atoms with Crippen molar-refractivity contribution in [3.63, 3.8) is 0 Å². The first kappa shape index (κ1) is 11.9. The Labute approximate surface area is 90.9 Å². The third kappa shape index (κ3) is 3.18. The van der Waals surface area contributed by atoms with Gasteiger partial charge < -0.3 is 0 Å². The van der Waals surface area contributed by atoms with Crippen LogP contribution in [0.2, 0.25) is 0 Å².